The minimum Gasteiger partial charge on any atom is -0.340 e. The van der Waals surface area contributed by atoms with E-state index in [0.717, 1.165) is 23.8 Å². The summed E-state index contributed by atoms with van der Waals surface area (Å²) in [4.78, 5) is 12.0. The number of aromatic amines is 1. The second-order valence-corrected chi connectivity index (χ2v) is 4.82. The zero-order valence-electron chi connectivity index (χ0n) is 10.4. The van der Waals surface area contributed by atoms with E-state index < -0.39 is 0 Å². The van der Waals surface area contributed by atoms with Crippen LogP contribution in [0.1, 0.15) is 31.5 Å². The zero-order chi connectivity index (χ0) is 12.2. The summed E-state index contributed by atoms with van der Waals surface area (Å²) in [5.74, 6) is 0.988. The van der Waals surface area contributed by atoms with Gasteiger partial charge in [0.25, 0.3) is 0 Å². The van der Waals surface area contributed by atoms with Gasteiger partial charge in [0, 0.05) is 12.2 Å². The van der Waals surface area contributed by atoms with Gasteiger partial charge in [0.2, 0.25) is 0 Å². The highest BCUT2D eigenvalue weighted by Crippen LogP contribution is 2.18. The lowest BCUT2D eigenvalue weighted by Crippen LogP contribution is -2.25. The van der Waals surface area contributed by atoms with E-state index >= 15 is 0 Å². The minimum atomic E-state index is 0.674. The molecule has 18 heavy (non-hydrogen) atoms. The number of aromatic nitrogens is 3. The summed E-state index contributed by atoms with van der Waals surface area (Å²) in [5.41, 5.74) is 1.93. The van der Waals surface area contributed by atoms with Gasteiger partial charge in [-0.2, -0.15) is 0 Å². The van der Waals surface area contributed by atoms with Crippen molar-refractivity contribution in [3.8, 4) is 11.4 Å². The van der Waals surface area contributed by atoms with Crippen LogP contribution in [0.2, 0.25) is 0 Å². The molecule has 4 nitrogen and oxygen atoms in total. The second-order valence-electron chi connectivity index (χ2n) is 4.82. The Morgan fingerprint density at radius 3 is 2.89 bits per heavy atom. The van der Waals surface area contributed by atoms with Crippen LogP contribution in [0.15, 0.2) is 30.6 Å². The molecule has 1 saturated carbocycles. The molecule has 4 heteroatoms. The van der Waals surface area contributed by atoms with Gasteiger partial charge >= 0.3 is 0 Å². The lowest BCUT2D eigenvalue weighted by molar-refractivity contribution is 0.515. The first-order valence-electron chi connectivity index (χ1n) is 6.60. The van der Waals surface area contributed by atoms with Gasteiger partial charge in [-0.05, 0) is 25.0 Å². The molecule has 1 fully saturated rings. The highest BCUT2D eigenvalue weighted by Gasteiger charge is 2.14. The van der Waals surface area contributed by atoms with Gasteiger partial charge in [0.1, 0.15) is 5.82 Å². The number of imidazole rings is 1. The quantitative estimate of drug-likeness (QED) is 0.866. The molecular weight excluding hydrogens is 224 g/mol. The van der Waals surface area contributed by atoms with Crippen LogP contribution in [0, 0.1) is 0 Å². The number of pyridine rings is 1. The number of nitrogens with one attached hydrogen (secondary N) is 2. The van der Waals surface area contributed by atoms with E-state index in [4.69, 9.17) is 0 Å². The minimum absolute atomic E-state index is 0.674. The summed E-state index contributed by atoms with van der Waals surface area (Å²) in [6, 6.07) is 6.57. The molecule has 2 N–H and O–H groups in total. The molecule has 0 radical (unpaired) electrons. The van der Waals surface area contributed by atoms with Crippen LogP contribution in [0.3, 0.4) is 0 Å². The van der Waals surface area contributed by atoms with Crippen molar-refractivity contribution >= 4 is 0 Å². The first kappa shape index (κ1) is 11.4. The molecule has 1 aliphatic carbocycles. The van der Waals surface area contributed by atoms with Crippen molar-refractivity contribution in [2.45, 2.75) is 38.3 Å². The van der Waals surface area contributed by atoms with E-state index in [-0.39, 0.29) is 0 Å². The molecule has 0 spiro atoms. The van der Waals surface area contributed by atoms with Crippen molar-refractivity contribution in [1.29, 1.82) is 0 Å². The van der Waals surface area contributed by atoms with Crippen molar-refractivity contribution in [1.82, 2.24) is 20.3 Å². The van der Waals surface area contributed by atoms with E-state index in [9.17, 15) is 0 Å². The van der Waals surface area contributed by atoms with Crippen molar-refractivity contribution in [2.24, 2.45) is 0 Å². The third-order valence-corrected chi connectivity index (χ3v) is 3.48. The Morgan fingerprint density at radius 2 is 2.11 bits per heavy atom. The maximum absolute atomic E-state index is 4.40. The number of nitrogens with zero attached hydrogens (tertiary/aromatic N) is 2. The lowest BCUT2D eigenvalue weighted by atomic mass is 10.2. The first-order valence-corrected chi connectivity index (χ1v) is 6.60. The normalized spacial score (nSPS) is 16.2. The summed E-state index contributed by atoms with van der Waals surface area (Å²) in [7, 11) is 0. The Labute approximate surface area is 107 Å². The number of H-pyrrole nitrogens is 1. The van der Waals surface area contributed by atoms with Gasteiger partial charge in [-0.15, -0.1) is 0 Å². The second kappa shape index (κ2) is 5.31. The summed E-state index contributed by atoms with van der Waals surface area (Å²) in [6.07, 6.45) is 8.96. The van der Waals surface area contributed by atoms with Crippen molar-refractivity contribution in [2.75, 3.05) is 0 Å². The van der Waals surface area contributed by atoms with Crippen LogP contribution >= 0.6 is 0 Å². The first-order chi connectivity index (χ1) is 8.92. The summed E-state index contributed by atoms with van der Waals surface area (Å²) < 4.78 is 0. The number of rotatable bonds is 4. The fraction of sp³-hybridized carbons (Fsp3) is 0.429. The molecule has 0 unspecified atom stereocenters. The van der Waals surface area contributed by atoms with Crippen LogP contribution in [-0.2, 0) is 6.54 Å². The van der Waals surface area contributed by atoms with Gasteiger partial charge in [-0.25, -0.2) is 4.98 Å². The Morgan fingerprint density at radius 1 is 1.22 bits per heavy atom. The maximum atomic E-state index is 4.40. The topological polar surface area (TPSA) is 53.6 Å². The van der Waals surface area contributed by atoms with Crippen LogP contribution in [-0.4, -0.2) is 21.0 Å². The molecule has 0 aliphatic heterocycles. The summed E-state index contributed by atoms with van der Waals surface area (Å²) in [6.45, 7) is 0.817. The van der Waals surface area contributed by atoms with E-state index in [1.54, 1.807) is 6.20 Å². The molecule has 0 bridgehead atoms. The molecule has 94 valence electrons. The fourth-order valence-electron chi connectivity index (χ4n) is 2.48. The Bertz CT molecular complexity index is 486. The van der Waals surface area contributed by atoms with E-state index in [1.807, 2.05) is 24.4 Å². The van der Waals surface area contributed by atoms with Gasteiger partial charge in [-0.1, -0.05) is 18.9 Å². The van der Waals surface area contributed by atoms with Crippen LogP contribution < -0.4 is 5.32 Å². The molecule has 2 heterocycles. The molecule has 0 aromatic carbocycles. The molecule has 2 aromatic heterocycles. The third kappa shape index (κ3) is 2.59. The highest BCUT2D eigenvalue weighted by atomic mass is 15.0. The number of hydrogen-bond acceptors (Lipinski definition) is 3. The molecule has 3 rings (SSSR count). The maximum Gasteiger partial charge on any atom is 0.120 e. The standard InChI is InChI=1S/C14H18N4/c1-2-6-11(5-1)16-10-14-17-9-13(18-14)12-7-3-4-8-15-12/h3-4,7-9,11,16H,1-2,5-6,10H2,(H,17,18). The molecule has 0 saturated heterocycles. The van der Waals surface area contributed by atoms with Crippen molar-refractivity contribution < 1.29 is 0 Å². The third-order valence-electron chi connectivity index (χ3n) is 3.48. The van der Waals surface area contributed by atoms with Gasteiger partial charge < -0.3 is 10.3 Å². The smallest absolute Gasteiger partial charge is 0.120 e. The van der Waals surface area contributed by atoms with Gasteiger partial charge in [0.15, 0.2) is 0 Å². The van der Waals surface area contributed by atoms with E-state index in [0.29, 0.717) is 6.04 Å². The summed E-state index contributed by atoms with van der Waals surface area (Å²) in [5, 5.41) is 3.55. The summed E-state index contributed by atoms with van der Waals surface area (Å²) >= 11 is 0. The van der Waals surface area contributed by atoms with Crippen molar-refractivity contribution in [3.63, 3.8) is 0 Å². The fourth-order valence-corrected chi connectivity index (χ4v) is 2.48. The van der Waals surface area contributed by atoms with Crippen molar-refractivity contribution in [3.05, 3.63) is 36.4 Å². The predicted octanol–water partition coefficient (Wildman–Crippen LogP) is 2.50. The molecule has 1 aliphatic rings. The van der Waals surface area contributed by atoms with Gasteiger partial charge in [-0.3, -0.25) is 4.98 Å². The van der Waals surface area contributed by atoms with Crippen LogP contribution in [0.4, 0.5) is 0 Å². The predicted molar refractivity (Wildman–Crippen MR) is 70.9 cm³/mol. The van der Waals surface area contributed by atoms with Crippen LogP contribution in [0.5, 0.6) is 0 Å². The van der Waals surface area contributed by atoms with E-state index in [2.05, 4.69) is 20.3 Å². The zero-order valence-corrected chi connectivity index (χ0v) is 10.4. The van der Waals surface area contributed by atoms with Crippen LogP contribution in [0.25, 0.3) is 11.4 Å². The van der Waals surface area contributed by atoms with E-state index in [1.165, 1.54) is 25.7 Å². The molecule has 0 atom stereocenters. The highest BCUT2D eigenvalue weighted by molar-refractivity contribution is 5.52. The largest absolute Gasteiger partial charge is 0.340 e. The Kier molecular flexibility index (Phi) is 3.37. The monoisotopic (exact) mass is 242 g/mol. The van der Waals surface area contributed by atoms with Gasteiger partial charge in [0.05, 0.1) is 24.1 Å². The molecule has 2 aromatic rings. The number of hydrogen-bond donors (Lipinski definition) is 2. The Hall–Kier alpha value is -1.68. The Balaban J connectivity index is 1.63. The SMILES string of the molecule is c1ccc(-c2cnc(CNC3CCCC3)[nH]2)nc1. The average Bonchev–Trinajstić information content (AvgIpc) is 3.09. The lowest BCUT2D eigenvalue weighted by Gasteiger charge is -2.09. The average molecular weight is 242 g/mol. The molecule has 0 amide bonds. The molecular formula is C14H18N4.